The van der Waals surface area contributed by atoms with Gasteiger partial charge in [-0.3, -0.25) is 4.79 Å². The Morgan fingerprint density at radius 1 is 1.21 bits per heavy atom. The number of fused-ring (bicyclic) bond motifs is 3. The summed E-state index contributed by atoms with van der Waals surface area (Å²) in [5.74, 6) is -0.210. The zero-order valence-electron chi connectivity index (χ0n) is 10.7. The van der Waals surface area contributed by atoms with E-state index in [0.29, 0.717) is 6.61 Å². The third-order valence-electron chi connectivity index (χ3n) is 3.21. The lowest BCUT2D eigenvalue weighted by atomic mass is 10.2. The molecule has 0 aliphatic heterocycles. The molecular weight excluding hydrogens is 238 g/mol. The van der Waals surface area contributed by atoms with Crippen molar-refractivity contribution in [2.45, 2.75) is 13.5 Å². The molecule has 3 nitrogen and oxygen atoms in total. The van der Waals surface area contributed by atoms with Crippen LogP contribution < -0.4 is 0 Å². The highest BCUT2D eigenvalue weighted by Gasteiger charge is 2.12. The maximum Gasteiger partial charge on any atom is 0.325 e. The maximum absolute atomic E-state index is 11.7. The zero-order chi connectivity index (χ0) is 13.2. The van der Waals surface area contributed by atoms with Gasteiger partial charge in [0.2, 0.25) is 0 Å². The van der Waals surface area contributed by atoms with Gasteiger partial charge in [-0.15, -0.1) is 0 Å². The molecule has 0 N–H and O–H groups in total. The van der Waals surface area contributed by atoms with Crippen LogP contribution in [-0.2, 0) is 16.1 Å². The predicted octanol–water partition coefficient (Wildman–Crippen LogP) is 3.16. The van der Waals surface area contributed by atoms with Crippen LogP contribution in [0.25, 0.3) is 21.8 Å². The second kappa shape index (κ2) is 4.76. The average Bonchev–Trinajstić information content (AvgIpc) is 2.75. The van der Waals surface area contributed by atoms with Crippen LogP contribution in [0.2, 0.25) is 0 Å². The van der Waals surface area contributed by atoms with Crippen LogP contribution in [0, 0.1) is 6.07 Å². The summed E-state index contributed by atoms with van der Waals surface area (Å²) >= 11 is 0. The van der Waals surface area contributed by atoms with Gasteiger partial charge in [0, 0.05) is 21.8 Å². The van der Waals surface area contributed by atoms with E-state index in [4.69, 9.17) is 4.74 Å². The molecule has 3 aromatic rings. The molecule has 0 bridgehead atoms. The smallest absolute Gasteiger partial charge is 0.325 e. The lowest BCUT2D eigenvalue weighted by molar-refractivity contribution is -0.143. The fourth-order valence-corrected chi connectivity index (χ4v) is 2.45. The van der Waals surface area contributed by atoms with E-state index >= 15 is 0 Å². The number of benzene rings is 2. The first-order valence-electron chi connectivity index (χ1n) is 6.34. The molecule has 0 fully saturated rings. The number of aromatic nitrogens is 1. The molecule has 1 radical (unpaired) electrons. The van der Waals surface area contributed by atoms with E-state index in [1.165, 1.54) is 0 Å². The van der Waals surface area contributed by atoms with Gasteiger partial charge in [0.1, 0.15) is 6.54 Å². The molecule has 3 rings (SSSR count). The van der Waals surface area contributed by atoms with Crippen LogP contribution in [0.15, 0.2) is 42.5 Å². The molecule has 0 amide bonds. The summed E-state index contributed by atoms with van der Waals surface area (Å²) in [6, 6.07) is 17.0. The number of para-hydroxylation sites is 1. The second-order valence-electron chi connectivity index (χ2n) is 4.35. The molecule has 0 atom stereocenters. The minimum Gasteiger partial charge on any atom is -0.465 e. The quantitative estimate of drug-likeness (QED) is 0.670. The Hall–Kier alpha value is -2.29. The van der Waals surface area contributed by atoms with E-state index in [1.54, 1.807) is 0 Å². The summed E-state index contributed by atoms with van der Waals surface area (Å²) in [5, 5.41) is 2.25. The van der Waals surface area contributed by atoms with Crippen molar-refractivity contribution < 1.29 is 9.53 Å². The third kappa shape index (κ3) is 1.97. The van der Waals surface area contributed by atoms with Crippen molar-refractivity contribution in [3.05, 3.63) is 48.5 Å². The number of esters is 1. The number of carbonyl (C=O) groups excluding carboxylic acids is 1. The Labute approximate surface area is 111 Å². The van der Waals surface area contributed by atoms with Crippen molar-refractivity contribution in [3.8, 4) is 0 Å². The van der Waals surface area contributed by atoms with Crippen LogP contribution in [0.1, 0.15) is 6.92 Å². The van der Waals surface area contributed by atoms with Gasteiger partial charge in [-0.05, 0) is 31.2 Å². The first kappa shape index (κ1) is 11.8. The normalized spacial score (nSPS) is 11.0. The standard InChI is InChI=1S/C16H14NO2/c1-2-19-16(18)11-17-14-9-5-3-7-12(14)13-8-4-6-10-15(13)17/h3,5-10H,2,11H2,1H3. The van der Waals surface area contributed by atoms with Crippen molar-refractivity contribution in [2.24, 2.45) is 0 Å². The molecule has 1 heterocycles. The van der Waals surface area contributed by atoms with E-state index < -0.39 is 0 Å². The van der Waals surface area contributed by atoms with Crippen molar-refractivity contribution in [3.63, 3.8) is 0 Å². The topological polar surface area (TPSA) is 31.2 Å². The molecule has 0 unspecified atom stereocenters. The fraction of sp³-hybridized carbons (Fsp3) is 0.188. The van der Waals surface area contributed by atoms with Crippen molar-refractivity contribution >= 4 is 27.8 Å². The minimum atomic E-state index is -0.210. The Balaban J connectivity index is 2.22. The van der Waals surface area contributed by atoms with Crippen LogP contribution in [0.4, 0.5) is 0 Å². The predicted molar refractivity (Wildman–Crippen MR) is 74.9 cm³/mol. The molecule has 3 heteroatoms. The first-order chi connectivity index (χ1) is 9.31. The zero-order valence-corrected chi connectivity index (χ0v) is 10.7. The Kier molecular flexibility index (Phi) is 2.95. The molecule has 19 heavy (non-hydrogen) atoms. The summed E-state index contributed by atoms with van der Waals surface area (Å²) in [4.78, 5) is 11.7. The number of nitrogens with zero attached hydrogens (tertiary/aromatic N) is 1. The number of rotatable bonds is 3. The number of ether oxygens (including phenoxy) is 1. The molecule has 0 aliphatic carbocycles. The lowest BCUT2D eigenvalue weighted by Crippen LogP contribution is -2.13. The first-order valence-corrected chi connectivity index (χ1v) is 6.34. The van der Waals surface area contributed by atoms with E-state index in [-0.39, 0.29) is 12.5 Å². The summed E-state index contributed by atoms with van der Waals surface area (Å²) in [6.45, 7) is 2.46. The van der Waals surface area contributed by atoms with Gasteiger partial charge in [-0.25, -0.2) is 0 Å². The van der Waals surface area contributed by atoms with Gasteiger partial charge in [0.05, 0.1) is 6.61 Å². The summed E-state index contributed by atoms with van der Waals surface area (Å²) in [5.41, 5.74) is 2.08. The van der Waals surface area contributed by atoms with E-state index in [1.807, 2.05) is 47.9 Å². The lowest BCUT2D eigenvalue weighted by Gasteiger charge is -2.06. The number of hydrogen-bond donors (Lipinski definition) is 0. The van der Waals surface area contributed by atoms with Crippen molar-refractivity contribution in [1.29, 1.82) is 0 Å². The molecule has 0 aliphatic rings. The SMILES string of the molecule is CCOC(=O)Cn1c2cc[c]cc2c2ccccc21. The molecule has 2 aromatic carbocycles. The molecule has 0 saturated carbocycles. The average molecular weight is 252 g/mol. The van der Waals surface area contributed by atoms with Gasteiger partial charge in [0.15, 0.2) is 0 Å². The Morgan fingerprint density at radius 2 is 2.00 bits per heavy atom. The van der Waals surface area contributed by atoms with E-state index in [0.717, 1.165) is 21.8 Å². The van der Waals surface area contributed by atoms with Gasteiger partial charge >= 0.3 is 5.97 Å². The molecule has 0 saturated heterocycles. The maximum atomic E-state index is 11.7. The molecule has 1 aromatic heterocycles. The monoisotopic (exact) mass is 252 g/mol. The summed E-state index contributed by atoms with van der Waals surface area (Å²) in [7, 11) is 0. The molecular formula is C16H14NO2. The van der Waals surface area contributed by atoms with Crippen molar-refractivity contribution in [1.82, 2.24) is 4.57 Å². The third-order valence-corrected chi connectivity index (χ3v) is 3.21. The van der Waals surface area contributed by atoms with Crippen LogP contribution in [0.5, 0.6) is 0 Å². The minimum absolute atomic E-state index is 0.210. The largest absolute Gasteiger partial charge is 0.465 e. The van der Waals surface area contributed by atoms with E-state index in [9.17, 15) is 4.79 Å². The Bertz CT molecular complexity index is 689. The Morgan fingerprint density at radius 3 is 2.84 bits per heavy atom. The van der Waals surface area contributed by atoms with Crippen molar-refractivity contribution in [2.75, 3.05) is 6.61 Å². The van der Waals surface area contributed by atoms with Crippen LogP contribution >= 0.6 is 0 Å². The summed E-state index contributed by atoms with van der Waals surface area (Å²) in [6.07, 6.45) is 0. The molecule has 0 spiro atoms. The van der Waals surface area contributed by atoms with Crippen LogP contribution in [0.3, 0.4) is 0 Å². The summed E-state index contributed by atoms with van der Waals surface area (Å²) < 4.78 is 7.04. The van der Waals surface area contributed by atoms with Gasteiger partial charge in [-0.1, -0.05) is 24.3 Å². The number of hydrogen-bond acceptors (Lipinski definition) is 2. The van der Waals surface area contributed by atoms with Gasteiger partial charge in [0.25, 0.3) is 0 Å². The highest BCUT2D eigenvalue weighted by molar-refractivity contribution is 6.08. The van der Waals surface area contributed by atoms with Crippen LogP contribution in [-0.4, -0.2) is 17.1 Å². The van der Waals surface area contributed by atoms with Gasteiger partial charge < -0.3 is 9.30 Å². The number of carbonyl (C=O) groups is 1. The molecule has 95 valence electrons. The van der Waals surface area contributed by atoms with E-state index in [2.05, 4.69) is 12.1 Å². The second-order valence-corrected chi connectivity index (χ2v) is 4.35. The highest BCUT2D eigenvalue weighted by Crippen LogP contribution is 2.28. The fourth-order valence-electron chi connectivity index (χ4n) is 2.45. The highest BCUT2D eigenvalue weighted by atomic mass is 16.5. The van der Waals surface area contributed by atoms with Gasteiger partial charge in [-0.2, -0.15) is 0 Å².